The lowest BCUT2D eigenvalue weighted by molar-refractivity contribution is 0.751. The van der Waals surface area contributed by atoms with Crippen LogP contribution in [0.3, 0.4) is 0 Å². The highest BCUT2D eigenvalue weighted by molar-refractivity contribution is 5.70. The predicted molar refractivity (Wildman–Crippen MR) is 125 cm³/mol. The van der Waals surface area contributed by atoms with Gasteiger partial charge in [-0.3, -0.25) is 4.79 Å². The van der Waals surface area contributed by atoms with Crippen molar-refractivity contribution in [1.29, 1.82) is 0 Å². The van der Waals surface area contributed by atoms with Crippen molar-refractivity contribution in [3.63, 3.8) is 0 Å². The van der Waals surface area contributed by atoms with Gasteiger partial charge < -0.3 is 4.57 Å². The quantitative estimate of drug-likeness (QED) is 0.403. The molecule has 0 spiro atoms. The molecular formula is C28H27NO. The smallest absolute Gasteiger partial charge is 0.250 e. The summed E-state index contributed by atoms with van der Waals surface area (Å²) < 4.78 is 1.80. The molecule has 1 aromatic heterocycles. The highest BCUT2D eigenvalue weighted by Crippen LogP contribution is 2.28. The summed E-state index contributed by atoms with van der Waals surface area (Å²) in [6.07, 6.45) is 2.79. The van der Waals surface area contributed by atoms with Crippen LogP contribution in [0.4, 0.5) is 0 Å². The molecule has 4 rings (SSSR count). The molecular weight excluding hydrogens is 366 g/mol. The average molecular weight is 394 g/mol. The predicted octanol–water partition coefficient (Wildman–Crippen LogP) is 6.08. The monoisotopic (exact) mass is 393 g/mol. The minimum absolute atomic E-state index is 0.0286. The summed E-state index contributed by atoms with van der Waals surface area (Å²) in [6, 6.07) is 27.1. The fraction of sp³-hybridized carbons (Fsp3) is 0.179. The van der Waals surface area contributed by atoms with Crippen molar-refractivity contribution in [3.8, 4) is 11.1 Å². The molecule has 3 aromatic carbocycles. The maximum absolute atomic E-state index is 12.4. The molecule has 0 saturated heterocycles. The molecule has 1 heterocycles. The Bertz CT molecular complexity index is 1240. The normalized spacial score (nSPS) is 10.9. The second-order valence-corrected chi connectivity index (χ2v) is 8.13. The zero-order valence-corrected chi connectivity index (χ0v) is 17.9. The van der Waals surface area contributed by atoms with Crippen LogP contribution in [-0.2, 0) is 13.0 Å². The molecule has 0 radical (unpaired) electrons. The van der Waals surface area contributed by atoms with Crippen molar-refractivity contribution >= 4 is 0 Å². The number of aryl methyl sites for hydroxylation is 3. The Balaban J connectivity index is 1.69. The third-order valence-corrected chi connectivity index (χ3v) is 5.72. The van der Waals surface area contributed by atoms with Crippen molar-refractivity contribution in [3.05, 3.63) is 129 Å². The number of pyridine rings is 1. The van der Waals surface area contributed by atoms with Gasteiger partial charge in [0.05, 0.1) is 6.54 Å². The van der Waals surface area contributed by atoms with E-state index in [1.807, 2.05) is 30.5 Å². The van der Waals surface area contributed by atoms with Crippen LogP contribution in [-0.4, -0.2) is 4.57 Å². The van der Waals surface area contributed by atoms with Gasteiger partial charge in [-0.25, -0.2) is 0 Å². The minimum atomic E-state index is 0.0286. The zero-order chi connectivity index (χ0) is 21.1. The second-order valence-electron chi connectivity index (χ2n) is 8.13. The summed E-state index contributed by atoms with van der Waals surface area (Å²) in [6.45, 7) is 7.03. The molecule has 0 atom stereocenters. The van der Waals surface area contributed by atoms with Crippen molar-refractivity contribution in [1.82, 2.24) is 4.57 Å². The highest BCUT2D eigenvalue weighted by Gasteiger charge is 2.09. The van der Waals surface area contributed by atoms with Crippen molar-refractivity contribution in [2.45, 2.75) is 33.7 Å². The summed E-state index contributed by atoms with van der Waals surface area (Å²) >= 11 is 0. The number of nitrogens with zero attached hydrogens (tertiary/aromatic N) is 1. The fourth-order valence-corrected chi connectivity index (χ4v) is 3.83. The Kier molecular flexibility index (Phi) is 5.67. The molecule has 0 amide bonds. The molecule has 0 N–H and O–H groups in total. The molecule has 0 aliphatic heterocycles. The first kappa shape index (κ1) is 19.9. The lowest BCUT2D eigenvalue weighted by atomic mass is 9.92. The number of benzene rings is 3. The van der Waals surface area contributed by atoms with E-state index in [4.69, 9.17) is 0 Å². The van der Waals surface area contributed by atoms with Gasteiger partial charge in [-0.1, -0.05) is 78.4 Å². The van der Waals surface area contributed by atoms with E-state index >= 15 is 0 Å². The van der Waals surface area contributed by atoms with E-state index in [1.54, 1.807) is 10.6 Å². The van der Waals surface area contributed by atoms with E-state index in [-0.39, 0.29) is 5.56 Å². The van der Waals surface area contributed by atoms with Crippen LogP contribution in [0.15, 0.2) is 89.9 Å². The summed E-state index contributed by atoms with van der Waals surface area (Å²) in [5, 5.41) is 0. The van der Waals surface area contributed by atoms with Gasteiger partial charge >= 0.3 is 0 Å². The maximum atomic E-state index is 12.4. The van der Waals surface area contributed by atoms with E-state index in [9.17, 15) is 4.79 Å². The molecule has 0 aliphatic carbocycles. The SMILES string of the molecule is Cc1ccc(Cc2ccc(=O)n(Cc3ccccc3)c2)c(-c2ccc(C)c(C)c2)c1. The van der Waals surface area contributed by atoms with E-state index < -0.39 is 0 Å². The van der Waals surface area contributed by atoms with Gasteiger partial charge in [0, 0.05) is 12.3 Å². The molecule has 0 fully saturated rings. The first-order valence-electron chi connectivity index (χ1n) is 10.4. The highest BCUT2D eigenvalue weighted by atomic mass is 16.1. The van der Waals surface area contributed by atoms with Crippen LogP contribution in [0.1, 0.15) is 33.4 Å². The minimum Gasteiger partial charge on any atom is -0.311 e. The molecule has 2 nitrogen and oxygen atoms in total. The van der Waals surface area contributed by atoms with Crippen LogP contribution in [0.25, 0.3) is 11.1 Å². The summed E-state index contributed by atoms with van der Waals surface area (Å²) in [5.74, 6) is 0. The number of hydrogen-bond donors (Lipinski definition) is 0. The Hall–Kier alpha value is -3.39. The lowest BCUT2D eigenvalue weighted by Crippen LogP contribution is -2.19. The van der Waals surface area contributed by atoms with Crippen molar-refractivity contribution in [2.24, 2.45) is 0 Å². The molecule has 0 saturated carbocycles. The van der Waals surface area contributed by atoms with E-state index in [1.165, 1.54) is 33.4 Å². The summed E-state index contributed by atoms with van der Waals surface area (Å²) in [5.41, 5.74) is 9.93. The van der Waals surface area contributed by atoms with E-state index in [2.05, 4.69) is 69.3 Å². The number of aromatic nitrogens is 1. The average Bonchev–Trinajstić information content (AvgIpc) is 2.74. The van der Waals surface area contributed by atoms with Crippen molar-refractivity contribution < 1.29 is 0 Å². The molecule has 0 bridgehead atoms. The van der Waals surface area contributed by atoms with Crippen LogP contribution in [0, 0.1) is 20.8 Å². The first-order valence-corrected chi connectivity index (χ1v) is 10.4. The molecule has 4 aromatic rings. The maximum Gasteiger partial charge on any atom is 0.250 e. The van der Waals surface area contributed by atoms with E-state index in [0.29, 0.717) is 6.54 Å². The van der Waals surface area contributed by atoms with Crippen LogP contribution < -0.4 is 5.56 Å². The Morgan fingerprint density at radius 2 is 1.53 bits per heavy atom. The largest absolute Gasteiger partial charge is 0.311 e. The number of hydrogen-bond acceptors (Lipinski definition) is 1. The van der Waals surface area contributed by atoms with Gasteiger partial charge in [-0.2, -0.15) is 0 Å². The third-order valence-electron chi connectivity index (χ3n) is 5.72. The lowest BCUT2D eigenvalue weighted by Gasteiger charge is -2.14. The van der Waals surface area contributed by atoms with Gasteiger partial charge in [0.25, 0.3) is 5.56 Å². The third kappa shape index (κ3) is 4.44. The Morgan fingerprint density at radius 3 is 2.30 bits per heavy atom. The van der Waals surface area contributed by atoms with Crippen LogP contribution in [0.2, 0.25) is 0 Å². The van der Waals surface area contributed by atoms with Gasteiger partial charge in [-0.05, 0) is 66.1 Å². The summed E-state index contributed by atoms with van der Waals surface area (Å²) in [4.78, 5) is 12.4. The molecule has 0 aliphatic rings. The summed E-state index contributed by atoms with van der Waals surface area (Å²) in [7, 11) is 0. The van der Waals surface area contributed by atoms with Crippen molar-refractivity contribution in [2.75, 3.05) is 0 Å². The zero-order valence-electron chi connectivity index (χ0n) is 17.9. The van der Waals surface area contributed by atoms with Gasteiger partial charge in [0.15, 0.2) is 0 Å². The van der Waals surface area contributed by atoms with Crippen LogP contribution >= 0.6 is 0 Å². The second kappa shape index (κ2) is 8.54. The topological polar surface area (TPSA) is 22.0 Å². The molecule has 2 heteroatoms. The van der Waals surface area contributed by atoms with Gasteiger partial charge in [0.2, 0.25) is 0 Å². The van der Waals surface area contributed by atoms with Gasteiger partial charge in [0.1, 0.15) is 0 Å². The first-order chi connectivity index (χ1) is 14.5. The van der Waals surface area contributed by atoms with E-state index in [0.717, 1.165) is 17.5 Å². The Morgan fingerprint density at radius 1 is 0.733 bits per heavy atom. The Labute approximate surface area is 178 Å². The fourth-order valence-electron chi connectivity index (χ4n) is 3.83. The molecule has 30 heavy (non-hydrogen) atoms. The number of rotatable bonds is 5. The molecule has 150 valence electrons. The standard InChI is InChI=1S/C28H27NO/c1-20-9-12-26(27(15-20)25-13-10-21(2)22(3)16-25)17-24-11-14-28(30)29(19-24)18-23-7-5-4-6-8-23/h4-16,19H,17-18H2,1-3H3. The van der Waals surface area contributed by atoms with Gasteiger partial charge in [-0.15, -0.1) is 0 Å². The van der Waals surface area contributed by atoms with Crippen LogP contribution in [0.5, 0.6) is 0 Å². The molecule has 0 unspecified atom stereocenters.